The maximum absolute atomic E-state index is 11.4. The lowest BCUT2D eigenvalue weighted by Gasteiger charge is -2.32. The zero-order valence-corrected chi connectivity index (χ0v) is 15.3. The van der Waals surface area contributed by atoms with Gasteiger partial charge in [-0.15, -0.1) is 0 Å². The summed E-state index contributed by atoms with van der Waals surface area (Å²) in [7, 11) is 0. The van der Waals surface area contributed by atoms with Crippen molar-refractivity contribution in [1.82, 2.24) is 0 Å². The highest BCUT2D eigenvalue weighted by molar-refractivity contribution is 6.91. The van der Waals surface area contributed by atoms with Crippen LogP contribution in [0.5, 0.6) is 0 Å². The zero-order chi connectivity index (χ0) is 19.2. The van der Waals surface area contributed by atoms with Gasteiger partial charge in [-0.25, -0.2) is 0 Å². The summed E-state index contributed by atoms with van der Waals surface area (Å²) >= 11 is 0. The molecule has 3 aromatic carbocycles. The number of benzene rings is 3. The molecule has 0 aliphatic carbocycles. The van der Waals surface area contributed by atoms with E-state index < -0.39 is 5.79 Å². The van der Waals surface area contributed by atoms with Gasteiger partial charge in [-0.1, -0.05) is 95.9 Å². The molecule has 0 saturated carbocycles. The number of allylic oxidation sites excluding steroid dienone is 2. The van der Waals surface area contributed by atoms with E-state index in [1.807, 2.05) is 72.8 Å². The second kappa shape index (κ2) is 8.11. The molecule has 28 heavy (non-hydrogen) atoms. The summed E-state index contributed by atoms with van der Waals surface area (Å²) in [6.45, 7) is -0.167. The molecule has 3 aromatic rings. The van der Waals surface area contributed by atoms with Crippen molar-refractivity contribution in [3.8, 4) is 0 Å². The molecule has 1 aliphatic rings. The highest BCUT2D eigenvalue weighted by Crippen LogP contribution is 2.25. The quantitative estimate of drug-likeness (QED) is 0.556. The Morgan fingerprint density at radius 3 is 1.89 bits per heavy atom. The number of hydrogen-bond donors (Lipinski definition) is 1. The van der Waals surface area contributed by atoms with E-state index in [-0.39, 0.29) is 6.71 Å². The van der Waals surface area contributed by atoms with Crippen molar-refractivity contribution in [3.05, 3.63) is 115 Å². The van der Waals surface area contributed by atoms with Gasteiger partial charge in [0, 0.05) is 0 Å². The Morgan fingerprint density at radius 2 is 1.32 bits per heavy atom. The number of ether oxygens (including phenoxy) is 1. The van der Waals surface area contributed by atoms with E-state index in [4.69, 9.17) is 4.74 Å². The van der Waals surface area contributed by atoms with Gasteiger partial charge in [-0.2, -0.15) is 0 Å². The molecule has 0 saturated heterocycles. The summed E-state index contributed by atoms with van der Waals surface area (Å²) < 4.78 is 5.68. The lowest BCUT2D eigenvalue weighted by Crippen LogP contribution is -2.53. The van der Waals surface area contributed by atoms with Gasteiger partial charge < -0.3 is 9.84 Å². The molecule has 1 unspecified atom stereocenters. The number of aliphatic imine (C=N–C) groups is 1. The van der Waals surface area contributed by atoms with Crippen LogP contribution < -0.4 is 10.9 Å². The van der Waals surface area contributed by atoms with Gasteiger partial charge in [0.05, 0.1) is 18.2 Å². The number of rotatable bonds is 5. The molecule has 3 nitrogen and oxygen atoms in total. The largest absolute Gasteiger partial charge is 0.462 e. The second-order valence-corrected chi connectivity index (χ2v) is 6.61. The molecule has 136 valence electrons. The van der Waals surface area contributed by atoms with Crippen molar-refractivity contribution < 1.29 is 9.84 Å². The van der Waals surface area contributed by atoms with Crippen LogP contribution in [0.15, 0.2) is 120 Å². The fourth-order valence-corrected chi connectivity index (χ4v) is 3.40. The highest BCUT2D eigenvalue weighted by Gasteiger charge is 2.40. The molecule has 0 spiro atoms. The van der Waals surface area contributed by atoms with E-state index in [2.05, 4.69) is 29.3 Å². The Morgan fingerprint density at radius 1 is 0.786 bits per heavy atom. The third kappa shape index (κ3) is 3.82. The van der Waals surface area contributed by atoms with Gasteiger partial charge in [0.25, 0.3) is 5.79 Å². The fraction of sp³-hybridized carbons (Fsp3) is 0.0417. The Bertz CT molecular complexity index is 961. The van der Waals surface area contributed by atoms with Crippen molar-refractivity contribution in [3.63, 3.8) is 0 Å². The Hall–Kier alpha value is -3.37. The maximum Gasteiger partial charge on any atom is 0.260 e. The van der Waals surface area contributed by atoms with Gasteiger partial charge in [0.2, 0.25) is 6.71 Å². The fourth-order valence-electron chi connectivity index (χ4n) is 3.40. The van der Waals surface area contributed by atoms with Crippen LogP contribution in [0.2, 0.25) is 0 Å². The van der Waals surface area contributed by atoms with Crippen molar-refractivity contribution >= 4 is 29.5 Å². The normalized spacial score (nSPS) is 18.5. The van der Waals surface area contributed by atoms with Crippen molar-refractivity contribution in [2.75, 3.05) is 0 Å². The van der Waals surface area contributed by atoms with Crippen LogP contribution in [-0.4, -0.2) is 23.8 Å². The van der Waals surface area contributed by atoms with Gasteiger partial charge in [0.15, 0.2) is 0 Å². The third-order valence-corrected chi connectivity index (χ3v) is 4.74. The summed E-state index contributed by atoms with van der Waals surface area (Å²) in [5.41, 5.74) is 3.62. The highest BCUT2D eigenvalue weighted by atomic mass is 16.6. The minimum Gasteiger partial charge on any atom is -0.462 e. The van der Waals surface area contributed by atoms with Crippen LogP contribution in [0.4, 0.5) is 5.69 Å². The first kappa shape index (κ1) is 18.0. The van der Waals surface area contributed by atoms with Crippen LogP contribution in [0, 0.1) is 0 Å². The molecule has 1 N–H and O–H groups in total. The average molecular weight is 365 g/mol. The predicted molar refractivity (Wildman–Crippen MR) is 116 cm³/mol. The molecule has 0 amide bonds. The first-order chi connectivity index (χ1) is 13.8. The van der Waals surface area contributed by atoms with E-state index in [1.165, 1.54) is 12.5 Å². The Balaban J connectivity index is 1.78. The SMILES string of the molecule is OC1(C=Nc2ccccc2)OC=CC=C1B(c1ccccc1)c1ccccc1. The molecular formula is C24H20BNO2. The van der Waals surface area contributed by atoms with Crippen LogP contribution in [0.3, 0.4) is 0 Å². The van der Waals surface area contributed by atoms with E-state index in [9.17, 15) is 5.11 Å². The van der Waals surface area contributed by atoms with Gasteiger partial charge in [0.1, 0.15) is 0 Å². The molecule has 0 aromatic heterocycles. The summed E-state index contributed by atoms with van der Waals surface area (Å²) in [5, 5.41) is 11.4. The van der Waals surface area contributed by atoms with Crippen LogP contribution in [0.25, 0.3) is 0 Å². The molecular weight excluding hydrogens is 345 g/mol. The van der Waals surface area contributed by atoms with Crippen LogP contribution >= 0.6 is 0 Å². The number of nitrogens with zero attached hydrogens (tertiary/aromatic N) is 1. The average Bonchev–Trinajstić information content (AvgIpc) is 2.76. The minimum atomic E-state index is -1.64. The van der Waals surface area contributed by atoms with Gasteiger partial charge in [-0.3, -0.25) is 4.99 Å². The second-order valence-electron chi connectivity index (χ2n) is 6.61. The van der Waals surface area contributed by atoms with Crippen molar-refractivity contribution in [2.45, 2.75) is 5.79 Å². The molecule has 0 fully saturated rings. The van der Waals surface area contributed by atoms with Crippen molar-refractivity contribution in [2.24, 2.45) is 4.99 Å². The van der Waals surface area contributed by atoms with E-state index >= 15 is 0 Å². The van der Waals surface area contributed by atoms with Gasteiger partial charge >= 0.3 is 0 Å². The summed E-state index contributed by atoms with van der Waals surface area (Å²) in [6.07, 6.45) is 6.67. The first-order valence-corrected chi connectivity index (χ1v) is 9.24. The summed E-state index contributed by atoms with van der Waals surface area (Å²) in [4.78, 5) is 4.45. The molecule has 1 aliphatic heterocycles. The Kier molecular flexibility index (Phi) is 5.22. The van der Waals surface area contributed by atoms with E-state index in [1.54, 1.807) is 6.08 Å². The minimum absolute atomic E-state index is 0.167. The van der Waals surface area contributed by atoms with Gasteiger partial charge in [-0.05, 0) is 23.7 Å². The lowest BCUT2D eigenvalue weighted by atomic mass is 9.34. The van der Waals surface area contributed by atoms with Crippen LogP contribution in [0.1, 0.15) is 0 Å². The summed E-state index contributed by atoms with van der Waals surface area (Å²) in [5.74, 6) is -1.64. The number of para-hydroxylation sites is 1. The molecule has 1 heterocycles. The first-order valence-electron chi connectivity index (χ1n) is 9.24. The lowest BCUT2D eigenvalue weighted by molar-refractivity contribution is -0.0686. The molecule has 0 bridgehead atoms. The predicted octanol–water partition coefficient (Wildman–Crippen LogP) is 3.40. The third-order valence-electron chi connectivity index (χ3n) is 4.74. The summed E-state index contributed by atoms with van der Waals surface area (Å²) in [6, 6.07) is 29.7. The molecule has 0 radical (unpaired) electrons. The van der Waals surface area contributed by atoms with Crippen LogP contribution in [-0.2, 0) is 4.74 Å². The molecule has 4 rings (SSSR count). The number of hydrogen-bond acceptors (Lipinski definition) is 3. The van der Waals surface area contributed by atoms with E-state index in [0.717, 1.165) is 16.6 Å². The molecule has 4 heteroatoms. The zero-order valence-electron chi connectivity index (χ0n) is 15.3. The topological polar surface area (TPSA) is 41.8 Å². The number of aliphatic hydroxyl groups is 1. The van der Waals surface area contributed by atoms with Crippen molar-refractivity contribution in [1.29, 1.82) is 0 Å². The smallest absolute Gasteiger partial charge is 0.260 e. The van der Waals surface area contributed by atoms with E-state index in [0.29, 0.717) is 5.47 Å². The standard InChI is InChI=1S/C24H20BNO2/c27-24(19-26-22-15-8-3-9-16-22)23(17-10-18-28-24)25(20-11-4-1-5-12-20)21-13-6-2-7-14-21/h1-19,27H. The monoisotopic (exact) mass is 365 g/mol. The maximum atomic E-state index is 11.4. The molecule has 1 atom stereocenters. The Labute approximate surface area is 165 Å².